The Balaban J connectivity index is 1.59. The van der Waals surface area contributed by atoms with E-state index >= 15 is 0 Å². The van der Waals surface area contributed by atoms with Crippen molar-refractivity contribution in [2.75, 3.05) is 13.8 Å². The topological polar surface area (TPSA) is 50.4 Å². The first-order valence-corrected chi connectivity index (χ1v) is 11.5. The van der Waals surface area contributed by atoms with E-state index in [0.29, 0.717) is 22.2 Å². The largest absolute Gasteiger partial charge is 0.364 e. The predicted octanol–water partition coefficient (Wildman–Crippen LogP) is 5.87. The summed E-state index contributed by atoms with van der Waals surface area (Å²) in [5.41, 5.74) is 4.16. The number of ether oxygens (including phenoxy) is 1. The summed E-state index contributed by atoms with van der Waals surface area (Å²) >= 11 is 13.9. The molecule has 0 saturated carbocycles. The molecule has 1 aliphatic heterocycles. The normalized spacial score (nSPS) is 15.0. The summed E-state index contributed by atoms with van der Waals surface area (Å²) < 4.78 is 4.94. The lowest BCUT2D eigenvalue weighted by atomic mass is 9.97. The lowest BCUT2D eigenvalue weighted by Gasteiger charge is -2.20. The second kappa shape index (κ2) is 10.1. The zero-order chi connectivity index (χ0) is 21.8. The zero-order valence-corrected chi connectivity index (χ0v) is 19.3. The molecule has 4 nitrogen and oxygen atoms in total. The number of carbonyl (C=O) groups excluding carboxylic acids is 1. The number of halogens is 2. The van der Waals surface area contributed by atoms with Gasteiger partial charge in [0, 0.05) is 35.1 Å². The highest BCUT2D eigenvalue weighted by molar-refractivity contribution is 7.99. The Bertz CT molecular complexity index is 1110. The SMILES string of the molecule is COCNC(=O)c1ccc2c(c1)Sc1ccccc1C(NCc1ccc(Cl)c(Cl)c1)C2. The summed E-state index contributed by atoms with van der Waals surface area (Å²) in [6, 6.07) is 20.1. The predicted molar refractivity (Wildman–Crippen MR) is 126 cm³/mol. The Morgan fingerprint density at radius 2 is 1.90 bits per heavy atom. The summed E-state index contributed by atoms with van der Waals surface area (Å²) in [5.74, 6) is -0.142. The van der Waals surface area contributed by atoms with Gasteiger partial charge in [-0.15, -0.1) is 0 Å². The second-order valence-corrected chi connectivity index (χ2v) is 9.19. The molecule has 4 rings (SSSR count). The molecule has 31 heavy (non-hydrogen) atoms. The van der Waals surface area contributed by atoms with E-state index in [9.17, 15) is 4.79 Å². The second-order valence-electron chi connectivity index (χ2n) is 7.29. The molecule has 0 spiro atoms. The van der Waals surface area contributed by atoms with Gasteiger partial charge in [-0.05, 0) is 53.4 Å². The van der Waals surface area contributed by atoms with Crippen molar-refractivity contribution in [3.05, 3.63) is 93.0 Å². The van der Waals surface area contributed by atoms with Crippen molar-refractivity contribution in [1.82, 2.24) is 10.6 Å². The van der Waals surface area contributed by atoms with Crippen LogP contribution < -0.4 is 10.6 Å². The average molecular weight is 473 g/mol. The van der Waals surface area contributed by atoms with Crippen LogP contribution >= 0.6 is 35.0 Å². The van der Waals surface area contributed by atoms with Crippen LogP contribution in [0.25, 0.3) is 0 Å². The minimum atomic E-state index is -0.142. The highest BCUT2D eigenvalue weighted by Crippen LogP contribution is 2.41. The van der Waals surface area contributed by atoms with Crippen LogP contribution in [0.2, 0.25) is 10.0 Å². The van der Waals surface area contributed by atoms with Crippen LogP contribution in [0.5, 0.6) is 0 Å². The quantitative estimate of drug-likeness (QED) is 0.440. The van der Waals surface area contributed by atoms with E-state index in [0.717, 1.165) is 16.9 Å². The van der Waals surface area contributed by atoms with Crippen LogP contribution in [0, 0.1) is 0 Å². The van der Waals surface area contributed by atoms with E-state index < -0.39 is 0 Å². The van der Waals surface area contributed by atoms with E-state index in [2.05, 4.69) is 28.8 Å². The Kier molecular flexibility index (Phi) is 7.20. The number of fused-ring (bicyclic) bond motifs is 2. The van der Waals surface area contributed by atoms with E-state index in [1.54, 1.807) is 18.9 Å². The van der Waals surface area contributed by atoms with Crippen LogP contribution in [-0.4, -0.2) is 19.7 Å². The minimum Gasteiger partial charge on any atom is -0.364 e. The molecular weight excluding hydrogens is 451 g/mol. The molecule has 1 aliphatic rings. The van der Waals surface area contributed by atoms with Gasteiger partial charge >= 0.3 is 0 Å². The minimum absolute atomic E-state index is 0.132. The van der Waals surface area contributed by atoms with Crippen molar-refractivity contribution in [2.24, 2.45) is 0 Å². The van der Waals surface area contributed by atoms with Crippen LogP contribution in [0.3, 0.4) is 0 Å². The number of hydrogen-bond acceptors (Lipinski definition) is 4. The Hall–Kier alpha value is -2.02. The fourth-order valence-corrected chi connectivity index (χ4v) is 5.08. The number of hydrogen-bond donors (Lipinski definition) is 2. The fourth-order valence-electron chi connectivity index (χ4n) is 3.58. The van der Waals surface area contributed by atoms with E-state index in [1.807, 2.05) is 42.5 Å². The standard InChI is InChI=1S/C24H22Cl2N2O2S/c1-30-14-28-24(29)17-8-7-16-11-21(27-13-15-6-9-19(25)20(26)10-15)18-4-2-3-5-22(18)31-23(16)12-17/h2-10,12,21,27H,11,13-14H2,1H3,(H,28,29). The third-order valence-corrected chi connectivity index (χ3v) is 7.11. The molecule has 7 heteroatoms. The first kappa shape index (κ1) is 22.2. The molecule has 1 atom stereocenters. The van der Waals surface area contributed by atoms with E-state index in [-0.39, 0.29) is 18.7 Å². The molecule has 0 bridgehead atoms. The molecule has 2 N–H and O–H groups in total. The number of nitrogens with one attached hydrogen (secondary N) is 2. The summed E-state index contributed by atoms with van der Waals surface area (Å²) in [4.78, 5) is 14.6. The van der Waals surface area contributed by atoms with Gasteiger partial charge in [0.2, 0.25) is 0 Å². The van der Waals surface area contributed by atoms with E-state index in [4.69, 9.17) is 27.9 Å². The third-order valence-electron chi connectivity index (χ3n) is 5.18. The molecule has 0 aromatic heterocycles. The first-order valence-electron chi connectivity index (χ1n) is 9.89. The Morgan fingerprint density at radius 3 is 2.71 bits per heavy atom. The first-order chi connectivity index (χ1) is 15.0. The molecule has 3 aromatic rings. The van der Waals surface area contributed by atoms with Crippen molar-refractivity contribution >= 4 is 40.9 Å². The van der Waals surface area contributed by atoms with Crippen LogP contribution in [0.1, 0.15) is 33.1 Å². The molecule has 160 valence electrons. The maximum Gasteiger partial charge on any atom is 0.253 e. The molecule has 1 amide bonds. The fraction of sp³-hybridized carbons (Fsp3) is 0.208. The summed E-state index contributed by atoms with van der Waals surface area (Å²) in [5, 5.41) is 7.53. The molecule has 3 aromatic carbocycles. The lowest BCUT2D eigenvalue weighted by Crippen LogP contribution is -2.25. The van der Waals surface area contributed by atoms with Crippen LogP contribution in [0.15, 0.2) is 70.5 Å². The lowest BCUT2D eigenvalue weighted by molar-refractivity contribution is 0.0872. The molecule has 0 fully saturated rings. The van der Waals surface area contributed by atoms with Crippen LogP contribution in [-0.2, 0) is 17.7 Å². The van der Waals surface area contributed by atoms with Gasteiger partial charge in [0.15, 0.2) is 0 Å². The van der Waals surface area contributed by atoms with Gasteiger partial charge in [0.05, 0.1) is 10.0 Å². The van der Waals surface area contributed by atoms with Crippen molar-refractivity contribution in [1.29, 1.82) is 0 Å². The van der Waals surface area contributed by atoms with Crippen molar-refractivity contribution < 1.29 is 9.53 Å². The van der Waals surface area contributed by atoms with Gasteiger partial charge in [-0.3, -0.25) is 4.79 Å². The Labute approximate surface area is 196 Å². The average Bonchev–Trinajstić information content (AvgIpc) is 2.94. The summed E-state index contributed by atoms with van der Waals surface area (Å²) in [6.45, 7) is 0.861. The van der Waals surface area contributed by atoms with Gasteiger partial charge in [0.1, 0.15) is 6.73 Å². The summed E-state index contributed by atoms with van der Waals surface area (Å²) in [6.07, 6.45) is 0.820. The maximum absolute atomic E-state index is 12.4. The van der Waals surface area contributed by atoms with Gasteiger partial charge in [-0.25, -0.2) is 0 Å². The molecule has 0 aliphatic carbocycles. The number of benzene rings is 3. The highest BCUT2D eigenvalue weighted by atomic mass is 35.5. The molecule has 1 unspecified atom stereocenters. The van der Waals surface area contributed by atoms with Crippen LogP contribution in [0.4, 0.5) is 0 Å². The van der Waals surface area contributed by atoms with Gasteiger partial charge in [-0.1, -0.05) is 65.3 Å². The van der Waals surface area contributed by atoms with E-state index in [1.165, 1.54) is 16.0 Å². The zero-order valence-electron chi connectivity index (χ0n) is 17.0. The Morgan fingerprint density at radius 1 is 1.06 bits per heavy atom. The van der Waals surface area contributed by atoms with Crippen molar-refractivity contribution in [2.45, 2.75) is 28.8 Å². The third kappa shape index (κ3) is 5.25. The number of amides is 1. The number of rotatable bonds is 6. The maximum atomic E-state index is 12.4. The van der Waals surface area contributed by atoms with Crippen molar-refractivity contribution in [3.8, 4) is 0 Å². The molecule has 0 saturated heterocycles. The number of carbonyl (C=O) groups is 1. The van der Waals surface area contributed by atoms with Gasteiger partial charge in [0.25, 0.3) is 5.91 Å². The van der Waals surface area contributed by atoms with Gasteiger partial charge in [-0.2, -0.15) is 0 Å². The highest BCUT2D eigenvalue weighted by Gasteiger charge is 2.23. The van der Waals surface area contributed by atoms with Gasteiger partial charge < -0.3 is 15.4 Å². The molecule has 1 heterocycles. The van der Waals surface area contributed by atoms with Crippen molar-refractivity contribution in [3.63, 3.8) is 0 Å². The smallest absolute Gasteiger partial charge is 0.253 e. The number of methoxy groups -OCH3 is 1. The summed E-state index contributed by atoms with van der Waals surface area (Å²) in [7, 11) is 1.55. The molecule has 0 radical (unpaired) electrons. The monoisotopic (exact) mass is 472 g/mol. The molecular formula is C24H22Cl2N2O2S.